The van der Waals surface area contributed by atoms with Crippen LogP contribution in [0.1, 0.15) is 46.2 Å². The van der Waals surface area contributed by atoms with Crippen LogP contribution in [0.2, 0.25) is 0 Å². The maximum absolute atomic E-state index is 13.6. The number of aromatic nitrogens is 4. The Bertz CT molecular complexity index is 1540. The number of carbonyl (C=O) groups is 1. The molecule has 0 radical (unpaired) electrons. The average Bonchev–Trinajstić information content (AvgIpc) is 3.33. The van der Waals surface area contributed by atoms with Crippen LogP contribution in [0.5, 0.6) is 0 Å². The Balaban J connectivity index is 1.59. The summed E-state index contributed by atoms with van der Waals surface area (Å²) in [7, 11) is 1.50. The second kappa shape index (κ2) is 7.92. The second-order valence-electron chi connectivity index (χ2n) is 8.22. The summed E-state index contributed by atoms with van der Waals surface area (Å²) in [5, 5.41) is 0. The van der Waals surface area contributed by atoms with Gasteiger partial charge in [0.15, 0.2) is 0 Å². The van der Waals surface area contributed by atoms with Gasteiger partial charge in [-0.3, -0.25) is 14.2 Å². The van der Waals surface area contributed by atoms with E-state index in [4.69, 9.17) is 17.0 Å². The molecular formula is C23H18F3N7O2. The number of imidazole rings is 1. The van der Waals surface area contributed by atoms with Crippen LogP contribution in [-0.2, 0) is 10.9 Å². The molecule has 4 heterocycles. The van der Waals surface area contributed by atoms with E-state index in [0.717, 1.165) is 12.3 Å². The standard InChI is InChI=1S/C23H18F3N7O2/c1-11-13-4-12(23(24,25)26)7-30-20(13)19(9-35-11)32(3)22(34)14-5-17-16(6-15(14)28-2)31-21(27)18-8-29-10-33(17)18/h4-8,10-11,19H,9H2,1,3H3,(H2,27,31)/t11-,19-/m1/s1. The third kappa shape index (κ3) is 3.60. The maximum Gasteiger partial charge on any atom is 0.417 e. The van der Waals surface area contributed by atoms with Gasteiger partial charge in [0.2, 0.25) is 11.6 Å². The minimum Gasteiger partial charge on any atom is -0.382 e. The van der Waals surface area contributed by atoms with Gasteiger partial charge >= 0.3 is 6.18 Å². The molecule has 0 unspecified atom stereocenters. The van der Waals surface area contributed by atoms with E-state index in [1.165, 1.54) is 36.6 Å². The Labute approximate surface area is 196 Å². The van der Waals surface area contributed by atoms with E-state index in [9.17, 15) is 18.0 Å². The molecule has 12 heteroatoms. The minimum atomic E-state index is -4.55. The number of amides is 1. The van der Waals surface area contributed by atoms with Crippen LogP contribution in [0, 0.1) is 6.57 Å². The molecule has 0 aliphatic carbocycles. The summed E-state index contributed by atoms with van der Waals surface area (Å²) in [5.74, 6) is -0.282. The highest BCUT2D eigenvalue weighted by atomic mass is 19.4. The van der Waals surface area contributed by atoms with Gasteiger partial charge in [0.05, 0.1) is 60.1 Å². The Morgan fingerprint density at radius 2 is 2.06 bits per heavy atom. The molecule has 0 saturated carbocycles. The van der Waals surface area contributed by atoms with Gasteiger partial charge in [-0.15, -0.1) is 0 Å². The molecule has 0 spiro atoms. The number of nitrogens with two attached hydrogens (primary N) is 1. The first-order valence-electron chi connectivity index (χ1n) is 10.5. The number of anilines is 1. The number of hydrogen-bond acceptors (Lipinski definition) is 6. The van der Waals surface area contributed by atoms with E-state index in [0.29, 0.717) is 22.2 Å². The lowest BCUT2D eigenvalue weighted by molar-refractivity contribution is -0.138. The molecule has 3 aromatic heterocycles. The smallest absolute Gasteiger partial charge is 0.382 e. The first-order chi connectivity index (χ1) is 16.6. The molecule has 1 aliphatic rings. The number of benzene rings is 1. The lowest BCUT2D eigenvalue weighted by Crippen LogP contribution is -2.38. The zero-order valence-electron chi connectivity index (χ0n) is 18.5. The topological polar surface area (TPSA) is 103 Å². The fourth-order valence-corrected chi connectivity index (χ4v) is 4.26. The minimum absolute atomic E-state index is 0.0412. The van der Waals surface area contributed by atoms with Crippen molar-refractivity contribution in [3.8, 4) is 0 Å². The summed E-state index contributed by atoms with van der Waals surface area (Å²) in [5.41, 5.74) is 7.33. The van der Waals surface area contributed by atoms with E-state index in [2.05, 4.69) is 19.8 Å². The molecule has 1 amide bonds. The number of alkyl halides is 3. The highest BCUT2D eigenvalue weighted by Gasteiger charge is 2.37. The largest absolute Gasteiger partial charge is 0.417 e. The Hall–Kier alpha value is -4.24. The summed E-state index contributed by atoms with van der Waals surface area (Å²) < 4.78 is 47.0. The van der Waals surface area contributed by atoms with Crippen LogP contribution in [0.3, 0.4) is 0 Å². The summed E-state index contributed by atoms with van der Waals surface area (Å²) in [6, 6.07) is 3.27. The molecule has 4 aromatic rings. The first-order valence-corrected chi connectivity index (χ1v) is 10.5. The molecule has 5 rings (SSSR count). The quantitative estimate of drug-likeness (QED) is 0.428. The number of carbonyl (C=O) groups excluding carboxylic acids is 1. The second-order valence-corrected chi connectivity index (χ2v) is 8.22. The van der Waals surface area contributed by atoms with Crippen molar-refractivity contribution in [2.24, 2.45) is 0 Å². The van der Waals surface area contributed by atoms with Gasteiger partial charge in [-0.25, -0.2) is 14.8 Å². The molecule has 35 heavy (non-hydrogen) atoms. The highest BCUT2D eigenvalue weighted by Crippen LogP contribution is 2.39. The molecule has 9 nitrogen and oxygen atoms in total. The maximum atomic E-state index is 13.6. The fraction of sp³-hybridized carbons (Fsp3) is 0.261. The van der Waals surface area contributed by atoms with Crippen LogP contribution in [-0.4, -0.2) is 43.8 Å². The molecular weight excluding hydrogens is 463 g/mol. The number of ether oxygens (including phenoxy) is 1. The number of nitrogen functional groups attached to an aromatic ring is 1. The van der Waals surface area contributed by atoms with Gasteiger partial charge in [0.1, 0.15) is 11.3 Å². The van der Waals surface area contributed by atoms with Crippen molar-refractivity contribution in [2.45, 2.75) is 25.2 Å². The highest BCUT2D eigenvalue weighted by molar-refractivity contribution is 6.04. The predicted molar refractivity (Wildman–Crippen MR) is 120 cm³/mol. The summed E-state index contributed by atoms with van der Waals surface area (Å²) in [6.07, 6.45) is -1.35. The van der Waals surface area contributed by atoms with E-state index < -0.39 is 29.8 Å². The van der Waals surface area contributed by atoms with Crippen molar-refractivity contribution >= 4 is 34.0 Å². The monoisotopic (exact) mass is 481 g/mol. The van der Waals surface area contributed by atoms with Gasteiger partial charge in [0, 0.05) is 24.4 Å². The number of likely N-dealkylation sites (N-methyl/N-ethyl adjacent to an activating group) is 1. The van der Waals surface area contributed by atoms with E-state index in [-0.39, 0.29) is 29.2 Å². The Morgan fingerprint density at radius 1 is 1.29 bits per heavy atom. The Morgan fingerprint density at radius 3 is 2.77 bits per heavy atom. The SMILES string of the molecule is [C-]#[N+]c1cc2nc(N)c3cncn3c2cc1C(=O)N(C)[C@@H]1CO[C@H](C)c2cc(C(F)(F)F)cnc21. The number of nitrogens with zero attached hydrogens (tertiary/aromatic N) is 6. The normalized spacial score (nSPS) is 17.8. The molecule has 178 valence electrons. The summed E-state index contributed by atoms with van der Waals surface area (Å²) in [4.78, 5) is 30.8. The van der Waals surface area contributed by atoms with Gasteiger partial charge in [-0.2, -0.15) is 13.2 Å². The predicted octanol–water partition coefficient (Wildman–Crippen LogP) is 4.33. The van der Waals surface area contributed by atoms with Crippen LogP contribution in [0.4, 0.5) is 24.7 Å². The molecule has 0 saturated heterocycles. The zero-order valence-corrected chi connectivity index (χ0v) is 18.5. The average molecular weight is 481 g/mol. The van der Waals surface area contributed by atoms with Gasteiger partial charge < -0.3 is 15.4 Å². The van der Waals surface area contributed by atoms with Crippen molar-refractivity contribution in [2.75, 3.05) is 19.4 Å². The van der Waals surface area contributed by atoms with E-state index in [1.54, 1.807) is 11.3 Å². The van der Waals surface area contributed by atoms with Crippen LogP contribution in [0.15, 0.2) is 36.9 Å². The van der Waals surface area contributed by atoms with Crippen molar-refractivity contribution in [1.82, 2.24) is 24.3 Å². The van der Waals surface area contributed by atoms with Gasteiger partial charge in [0.25, 0.3) is 0 Å². The van der Waals surface area contributed by atoms with Crippen LogP contribution in [0.25, 0.3) is 21.4 Å². The van der Waals surface area contributed by atoms with Crippen molar-refractivity contribution in [3.63, 3.8) is 0 Å². The molecule has 0 fully saturated rings. The molecule has 1 aliphatic heterocycles. The van der Waals surface area contributed by atoms with Crippen LogP contribution < -0.4 is 5.73 Å². The molecule has 2 N–H and O–H groups in total. The van der Waals surface area contributed by atoms with Crippen LogP contribution >= 0.6 is 0 Å². The lowest BCUT2D eigenvalue weighted by atomic mass is 9.97. The third-order valence-electron chi connectivity index (χ3n) is 6.17. The van der Waals surface area contributed by atoms with Crippen molar-refractivity contribution in [3.05, 3.63) is 70.7 Å². The zero-order chi connectivity index (χ0) is 25.1. The van der Waals surface area contributed by atoms with E-state index in [1.807, 2.05) is 0 Å². The molecule has 0 bridgehead atoms. The first kappa shape index (κ1) is 22.5. The third-order valence-corrected chi connectivity index (χ3v) is 6.17. The van der Waals surface area contributed by atoms with Gasteiger partial charge in [-0.1, -0.05) is 0 Å². The number of pyridine rings is 1. The van der Waals surface area contributed by atoms with Crippen molar-refractivity contribution < 1.29 is 22.7 Å². The number of fused-ring (bicyclic) bond motifs is 4. The molecule has 2 atom stereocenters. The summed E-state index contributed by atoms with van der Waals surface area (Å²) in [6.45, 7) is 9.26. The lowest BCUT2D eigenvalue weighted by Gasteiger charge is -2.35. The van der Waals surface area contributed by atoms with Gasteiger partial charge in [-0.05, 0) is 25.1 Å². The summed E-state index contributed by atoms with van der Waals surface area (Å²) >= 11 is 0. The fourth-order valence-electron chi connectivity index (χ4n) is 4.26. The van der Waals surface area contributed by atoms with Crippen molar-refractivity contribution in [1.29, 1.82) is 0 Å². The number of rotatable bonds is 2. The Kier molecular flexibility index (Phi) is 5.10. The molecule has 1 aromatic carbocycles. The number of hydrogen-bond donors (Lipinski definition) is 1. The van der Waals surface area contributed by atoms with E-state index >= 15 is 0 Å². The number of halogens is 3.